The number of esters is 1. The number of aliphatic hydroxyl groups is 3. The molecule has 0 unspecified atom stereocenters. The van der Waals surface area contributed by atoms with Crippen molar-refractivity contribution in [3.63, 3.8) is 0 Å². The number of likely N-dealkylation sites (tertiary alicyclic amines) is 1. The summed E-state index contributed by atoms with van der Waals surface area (Å²) in [5.41, 5.74) is 1.60. The summed E-state index contributed by atoms with van der Waals surface area (Å²) in [5.74, 6) is -7.94. The maximum absolute atomic E-state index is 14.6. The quantitative estimate of drug-likeness (QED) is 0.138. The van der Waals surface area contributed by atoms with E-state index in [1.165, 1.54) is 45.1 Å². The Balaban J connectivity index is 1.21. The van der Waals surface area contributed by atoms with Gasteiger partial charge in [0.15, 0.2) is 0 Å². The van der Waals surface area contributed by atoms with Gasteiger partial charge in [0.05, 0.1) is 24.9 Å². The Kier molecular flexibility index (Phi) is 21.9. The summed E-state index contributed by atoms with van der Waals surface area (Å²) in [5, 5.41) is 33.7. The highest BCUT2D eigenvalue weighted by atomic mass is 16.7. The van der Waals surface area contributed by atoms with Crippen molar-refractivity contribution in [2.24, 2.45) is 29.6 Å². The van der Waals surface area contributed by atoms with Crippen molar-refractivity contribution in [1.29, 1.82) is 0 Å². The molecule has 3 N–H and O–H groups in total. The van der Waals surface area contributed by atoms with E-state index in [4.69, 9.17) is 23.7 Å². The number of carbonyl (C=O) groups is 5. The number of hydrogen-bond acceptors (Lipinski definition) is 15. The van der Waals surface area contributed by atoms with Crippen molar-refractivity contribution in [3.05, 3.63) is 35.5 Å². The molecule has 406 valence electrons. The molecule has 6 rings (SSSR count). The number of piperidine rings is 1. The van der Waals surface area contributed by atoms with Crippen LogP contribution in [0.1, 0.15) is 125 Å². The number of ketones is 2. The third kappa shape index (κ3) is 15.1. The normalized spacial score (nSPS) is 36.9. The molecule has 1 aliphatic carbocycles. The number of piperazine rings is 1. The summed E-state index contributed by atoms with van der Waals surface area (Å²) in [6.07, 6.45) is 10.3. The van der Waals surface area contributed by atoms with Gasteiger partial charge in [-0.3, -0.25) is 19.3 Å². The molecule has 2 amide bonds. The van der Waals surface area contributed by atoms with E-state index < -0.39 is 77.8 Å². The second-order valence-corrected chi connectivity index (χ2v) is 22.0. The van der Waals surface area contributed by atoms with E-state index in [1.807, 2.05) is 31.7 Å². The smallest absolute Gasteiger partial charge is 0.410 e. The molecule has 4 saturated heterocycles. The van der Waals surface area contributed by atoms with Gasteiger partial charge in [0.1, 0.15) is 30.1 Å². The van der Waals surface area contributed by atoms with Crippen molar-refractivity contribution < 1.29 is 63.0 Å². The van der Waals surface area contributed by atoms with Gasteiger partial charge in [-0.15, -0.1) is 0 Å². The van der Waals surface area contributed by atoms with E-state index in [2.05, 4.69) is 15.9 Å². The Bertz CT molecular complexity index is 1910. The Morgan fingerprint density at radius 2 is 1.47 bits per heavy atom. The van der Waals surface area contributed by atoms with Crippen LogP contribution in [0.5, 0.6) is 0 Å². The molecule has 0 spiro atoms. The summed E-state index contributed by atoms with van der Waals surface area (Å²) in [7, 11) is 3.05. The second kappa shape index (κ2) is 27.3. The average Bonchev–Trinajstić information content (AvgIpc) is 3.90. The van der Waals surface area contributed by atoms with Crippen LogP contribution in [0.25, 0.3) is 0 Å². The summed E-state index contributed by atoms with van der Waals surface area (Å²) < 4.78 is 30.5. The third-order valence-corrected chi connectivity index (χ3v) is 16.6. The molecule has 2 bridgehead atoms. The first-order valence-electron chi connectivity index (χ1n) is 27.2. The van der Waals surface area contributed by atoms with Crippen molar-refractivity contribution in [1.82, 2.24) is 19.6 Å². The highest BCUT2D eigenvalue weighted by Gasteiger charge is 2.56. The number of ether oxygens (including phenoxy) is 5. The van der Waals surface area contributed by atoms with Crippen molar-refractivity contribution in [2.75, 3.05) is 79.7 Å². The van der Waals surface area contributed by atoms with Gasteiger partial charge in [0.25, 0.3) is 11.7 Å². The number of carbonyl (C=O) groups excluding carboxylic acids is 5. The number of amides is 2. The van der Waals surface area contributed by atoms with Crippen LogP contribution in [0, 0.1) is 29.6 Å². The van der Waals surface area contributed by atoms with Gasteiger partial charge < -0.3 is 53.7 Å². The van der Waals surface area contributed by atoms with Crippen LogP contribution >= 0.6 is 0 Å². The zero-order chi connectivity index (χ0) is 52.1. The number of aliphatic hydroxyl groups excluding tert-OH is 2. The Labute approximate surface area is 428 Å². The van der Waals surface area contributed by atoms with E-state index >= 15 is 0 Å². The largest absolute Gasteiger partial charge is 0.456 e. The van der Waals surface area contributed by atoms with Crippen molar-refractivity contribution in [2.45, 2.75) is 173 Å². The van der Waals surface area contributed by atoms with Crippen molar-refractivity contribution >= 4 is 29.5 Å². The molecule has 1 saturated carbocycles. The zero-order valence-electron chi connectivity index (χ0n) is 44.4. The van der Waals surface area contributed by atoms with Gasteiger partial charge >= 0.3 is 12.1 Å². The highest BCUT2D eigenvalue weighted by molar-refractivity contribution is 6.39. The zero-order valence-corrected chi connectivity index (χ0v) is 44.4. The second-order valence-electron chi connectivity index (χ2n) is 22.0. The molecular weight excluding hydrogens is 925 g/mol. The van der Waals surface area contributed by atoms with Crippen LogP contribution < -0.4 is 0 Å². The maximum atomic E-state index is 14.6. The van der Waals surface area contributed by atoms with E-state index in [0.29, 0.717) is 63.6 Å². The predicted octanol–water partition coefficient (Wildman–Crippen LogP) is 5.23. The topological polar surface area (TPSA) is 205 Å². The lowest BCUT2D eigenvalue weighted by molar-refractivity contribution is -0.302. The number of nitrogens with zero attached hydrogens (tertiary/aromatic N) is 4. The fourth-order valence-corrected chi connectivity index (χ4v) is 12.0. The molecule has 72 heavy (non-hydrogen) atoms. The molecule has 0 radical (unpaired) electrons. The molecule has 0 aromatic heterocycles. The third-order valence-electron chi connectivity index (χ3n) is 16.6. The minimum absolute atomic E-state index is 0.0287. The lowest BCUT2D eigenvalue weighted by atomic mass is 9.82. The first-order chi connectivity index (χ1) is 34.5. The van der Waals surface area contributed by atoms with Gasteiger partial charge in [0.2, 0.25) is 5.79 Å². The lowest BCUT2D eigenvalue weighted by Crippen LogP contribution is -2.64. The summed E-state index contributed by atoms with van der Waals surface area (Å²) in [6, 6.07) is -1.16. The summed E-state index contributed by atoms with van der Waals surface area (Å²) >= 11 is 0. The number of fused-ring (bicyclic) bond motifs is 3. The number of Topliss-reactive ketones (excluding diaryl/α,β-unsaturated/α-hetero) is 2. The van der Waals surface area contributed by atoms with Crippen molar-refractivity contribution in [3.8, 4) is 0 Å². The number of methoxy groups -OCH3 is 2. The summed E-state index contributed by atoms with van der Waals surface area (Å²) in [4.78, 5) is 78.9. The van der Waals surface area contributed by atoms with E-state index in [0.717, 1.165) is 44.6 Å². The fraction of sp³-hybridized carbons (Fsp3) is 0.800. The number of hydrogen-bond donors (Lipinski definition) is 3. The first-order valence-corrected chi connectivity index (χ1v) is 27.2. The highest BCUT2D eigenvalue weighted by Crippen LogP contribution is 2.39. The Morgan fingerprint density at radius 3 is 2.12 bits per heavy atom. The average molecular weight is 1010 g/mol. The molecule has 11 atom stereocenters. The van der Waals surface area contributed by atoms with E-state index in [-0.39, 0.29) is 62.2 Å². The molecule has 5 fully saturated rings. The first kappa shape index (κ1) is 57.7. The van der Waals surface area contributed by atoms with Gasteiger partial charge in [-0.05, 0) is 128 Å². The van der Waals surface area contributed by atoms with Gasteiger partial charge in [-0.2, -0.15) is 0 Å². The summed E-state index contributed by atoms with van der Waals surface area (Å²) in [6.45, 7) is 16.5. The predicted molar refractivity (Wildman–Crippen MR) is 270 cm³/mol. The van der Waals surface area contributed by atoms with Crippen LogP contribution in [-0.4, -0.2) is 193 Å². The molecule has 0 aromatic rings. The fourth-order valence-electron chi connectivity index (χ4n) is 12.0. The Morgan fingerprint density at radius 1 is 0.833 bits per heavy atom. The lowest BCUT2D eigenvalue weighted by Gasteiger charge is -2.47. The minimum atomic E-state index is -2.53. The van der Waals surface area contributed by atoms with Gasteiger partial charge in [-0.25, -0.2) is 9.59 Å². The molecule has 5 heterocycles. The van der Waals surface area contributed by atoms with Crippen LogP contribution in [0.3, 0.4) is 0 Å². The molecule has 5 aliphatic heterocycles. The number of allylic oxidation sites excluding steroid dienone is 4. The maximum Gasteiger partial charge on any atom is 0.410 e. The molecule has 17 nitrogen and oxygen atoms in total. The standard InChI is InChI=1S/C55H88N4O13/c1-36-30-37(2)32-47(68-6)50-48(69-7)34-39(4)55(67,72-50)51(63)52(64)59-22-10-8-15-44(59)53(65)71-49(40(5)45(61)35-46(62)42(31-36)14-9-13-29-60)38(3)33-41-16-18-43(19-17-41)70-54(66)58-27-25-57(26-28-58)24-23-56-20-11-12-21-56/h9,13,31,33,37,39-45,47-50,60-61,67H,8,10-12,14-30,32,34-35H2,1-7H3/b13-9+,36-31+,38-33+/t37-,39+,40+,41-,42+,43-,44-,45-,47-,48-,49+,50+,55+/m0/s1. The minimum Gasteiger partial charge on any atom is -0.456 e. The molecular formula is C55H88N4O13. The van der Waals surface area contributed by atoms with Crippen LogP contribution in [0.4, 0.5) is 4.79 Å². The Hall–Kier alpha value is -3.55. The SMILES string of the molecule is CO[C@H]1C[C@@H](C)C/C(C)=C/[C@@H](C/C=C/CO)C(=O)C[C@H](O)[C@@H](C)[C@@H](/C(C)=C/[C@H]2CC[C@H](OC(=O)N3CCN(CCN4CCCC4)CC3)CC2)OC(=O)[C@@H]2CCCCN2C(=O)C(=O)[C@]2(O)O[C@H]1[C@@H](OC)C[C@H]2C. The molecule has 6 aliphatic rings. The number of cyclic esters (lactones) is 1. The van der Waals surface area contributed by atoms with Gasteiger partial charge in [0, 0.05) is 84.2 Å². The van der Waals surface area contributed by atoms with Gasteiger partial charge in [-0.1, -0.05) is 50.6 Å². The molecule has 0 aromatic carbocycles. The molecule has 17 heteroatoms. The monoisotopic (exact) mass is 1010 g/mol. The van der Waals surface area contributed by atoms with Crippen LogP contribution in [0.15, 0.2) is 35.5 Å². The van der Waals surface area contributed by atoms with E-state index in [9.17, 15) is 39.3 Å². The number of rotatable bonds is 11. The van der Waals surface area contributed by atoms with E-state index in [1.54, 1.807) is 26.0 Å². The van der Waals surface area contributed by atoms with Crippen LogP contribution in [0.2, 0.25) is 0 Å². The van der Waals surface area contributed by atoms with Crippen LogP contribution in [-0.2, 0) is 42.9 Å².